The van der Waals surface area contributed by atoms with Crippen molar-refractivity contribution < 1.29 is 0 Å². The predicted octanol–water partition coefficient (Wildman–Crippen LogP) is 18.0. The second kappa shape index (κ2) is 14.1. The Balaban J connectivity index is 1.18. The molecule has 71 heavy (non-hydrogen) atoms. The third kappa shape index (κ3) is 4.79. The molecule has 16 rings (SSSR count). The molecule has 0 saturated carbocycles. The van der Waals surface area contributed by atoms with Crippen molar-refractivity contribution in [3.8, 4) is 22.5 Å². The minimum Gasteiger partial charge on any atom is -0.309 e. The number of hydrogen-bond acceptors (Lipinski definition) is 0. The van der Waals surface area contributed by atoms with Crippen molar-refractivity contribution in [2.24, 2.45) is 0 Å². The first-order valence-electron chi connectivity index (χ1n) is 24.6. The van der Waals surface area contributed by atoms with Gasteiger partial charge in [-0.15, -0.1) is 0 Å². The van der Waals surface area contributed by atoms with Gasteiger partial charge in [-0.05, 0) is 66.6 Å². The van der Waals surface area contributed by atoms with Crippen LogP contribution in [0.25, 0.3) is 148 Å². The van der Waals surface area contributed by atoms with Gasteiger partial charge in [0.1, 0.15) is 0 Å². The van der Waals surface area contributed by atoms with Crippen LogP contribution in [0.4, 0.5) is 0 Å². The normalized spacial score (nSPS) is 12.9. The molecule has 0 N–H and O–H groups in total. The molecular formula is C67H42N4. The largest absolute Gasteiger partial charge is 0.309 e. The van der Waals surface area contributed by atoms with Crippen molar-refractivity contribution in [3.63, 3.8) is 0 Å². The number of hydrogen-bond donors (Lipinski definition) is 0. The SMILES string of the molecule is C=C/C=C(\C=C/C)c1c2c3ccc(-n4c5ccccc5c5ccccc54)c4c5ccccc5n(c2c(-c2ccccc2)c2c5ccc(-n6c7ccccc7c7ccccc76)c6c7ccccc7n(c12)c56)c34. The molecule has 330 valence electrons. The van der Waals surface area contributed by atoms with E-state index in [4.69, 9.17) is 0 Å². The average molecular weight is 903 g/mol. The van der Waals surface area contributed by atoms with Crippen LogP contribution in [0.5, 0.6) is 0 Å². The van der Waals surface area contributed by atoms with Crippen LogP contribution in [0, 0.1) is 0 Å². The maximum Gasteiger partial charge on any atom is 0.0642 e. The van der Waals surface area contributed by atoms with Crippen LogP contribution < -0.4 is 0 Å². The number of allylic oxidation sites excluding steroid dienone is 5. The number of benzene rings is 10. The Morgan fingerprint density at radius 2 is 0.775 bits per heavy atom. The zero-order valence-electron chi connectivity index (χ0n) is 38.9. The molecule has 0 aliphatic heterocycles. The summed E-state index contributed by atoms with van der Waals surface area (Å²) in [6, 6.07) is 74.3. The van der Waals surface area contributed by atoms with Crippen molar-refractivity contribution in [3.05, 3.63) is 237 Å². The molecule has 0 aliphatic rings. The zero-order chi connectivity index (χ0) is 46.6. The van der Waals surface area contributed by atoms with Gasteiger partial charge in [0.15, 0.2) is 0 Å². The van der Waals surface area contributed by atoms with Crippen LogP contribution in [-0.2, 0) is 0 Å². The van der Waals surface area contributed by atoms with E-state index in [9.17, 15) is 0 Å². The van der Waals surface area contributed by atoms with Crippen molar-refractivity contribution in [2.45, 2.75) is 6.92 Å². The molecule has 0 radical (unpaired) electrons. The van der Waals surface area contributed by atoms with Gasteiger partial charge in [-0.1, -0.05) is 183 Å². The van der Waals surface area contributed by atoms with E-state index in [1.165, 1.54) is 148 Å². The van der Waals surface area contributed by atoms with E-state index in [2.05, 4.69) is 250 Å². The lowest BCUT2D eigenvalue weighted by Crippen LogP contribution is -1.96. The zero-order valence-corrected chi connectivity index (χ0v) is 38.9. The first-order chi connectivity index (χ1) is 35.2. The van der Waals surface area contributed by atoms with Gasteiger partial charge in [-0.3, -0.25) is 0 Å². The number of fused-ring (bicyclic) bond motifs is 18. The maximum absolute atomic E-state index is 4.34. The summed E-state index contributed by atoms with van der Waals surface area (Å²) in [5, 5.41) is 14.9. The van der Waals surface area contributed by atoms with Gasteiger partial charge in [0.05, 0.1) is 66.5 Å². The summed E-state index contributed by atoms with van der Waals surface area (Å²) in [5.74, 6) is 0. The highest BCUT2D eigenvalue weighted by Gasteiger charge is 2.32. The van der Waals surface area contributed by atoms with E-state index in [1.54, 1.807) is 0 Å². The lowest BCUT2D eigenvalue weighted by Gasteiger charge is -2.16. The first-order valence-corrected chi connectivity index (χ1v) is 24.6. The summed E-state index contributed by atoms with van der Waals surface area (Å²) in [6.45, 7) is 6.47. The van der Waals surface area contributed by atoms with Gasteiger partial charge in [-0.2, -0.15) is 0 Å². The standard InChI is InChI=1S/C67H42N4/c1-3-20-40(21-4-2)58-62-48-36-38-56(68-50-30-14-8-24-42(50)43-25-9-15-31-51(43)68)60-47-29-13-19-35-55(47)71(64(48)60)67(62)59(41-22-6-5-7-23-41)63-49-37-39-57(61-46-28-12-18-34-54(46)70(65(49)61)66(58)63)69-52-32-16-10-26-44(52)45-27-11-17-33-53(45)69/h3-39H,1H2,2H3/b21-4-,40-20+. The quantitative estimate of drug-likeness (QED) is 0.148. The van der Waals surface area contributed by atoms with Crippen molar-refractivity contribution >= 4 is 125 Å². The molecule has 6 heterocycles. The van der Waals surface area contributed by atoms with Crippen LogP contribution in [-0.4, -0.2) is 17.9 Å². The fourth-order valence-electron chi connectivity index (χ4n) is 13.2. The van der Waals surface area contributed by atoms with Crippen LogP contribution in [0.1, 0.15) is 12.5 Å². The van der Waals surface area contributed by atoms with Crippen LogP contribution in [0.2, 0.25) is 0 Å². The predicted molar refractivity (Wildman–Crippen MR) is 303 cm³/mol. The molecule has 0 unspecified atom stereocenters. The summed E-state index contributed by atoms with van der Waals surface area (Å²) in [4.78, 5) is 0. The lowest BCUT2D eigenvalue weighted by atomic mass is 9.88. The fourth-order valence-corrected chi connectivity index (χ4v) is 13.2. The number of para-hydroxylation sites is 6. The summed E-state index contributed by atoms with van der Waals surface area (Å²) >= 11 is 0. The maximum atomic E-state index is 4.34. The highest BCUT2D eigenvalue weighted by Crippen LogP contribution is 2.55. The van der Waals surface area contributed by atoms with Gasteiger partial charge >= 0.3 is 0 Å². The molecule has 0 atom stereocenters. The Kier molecular flexibility index (Phi) is 7.66. The first kappa shape index (κ1) is 38.6. The van der Waals surface area contributed by atoms with Crippen molar-refractivity contribution in [2.75, 3.05) is 0 Å². The summed E-state index contributed by atoms with van der Waals surface area (Å²) < 4.78 is 10.2. The molecule has 0 spiro atoms. The third-order valence-corrected chi connectivity index (χ3v) is 15.7. The highest BCUT2D eigenvalue weighted by atomic mass is 15.0. The van der Waals surface area contributed by atoms with E-state index < -0.39 is 0 Å². The average Bonchev–Trinajstić information content (AvgIpc) is 4.27. The van der Waals surface area contributed by atoms with Gasteiger partial charge in [-0.25, -0.2) is 0 Å². The van der Waals surface area contributed by atoms with E-state index in [0.717, 1.165) is 5.57 Å². The van der Waals surface area contributed by atoms with Gasteiger partial charge in [0.25, 0.3) is 0 Å². The molecule has 10 aromatic carbocycles. The van der Waals surface area contributed by atoms with E-state index in [1.807, 2.05) is 6.08 Å². The number of aromatic nitrogens is 4. The molecule has 0 saturated heterocycles. The summed E-state index contributed by atoms with van der Waals surface area (Å²) in [5.41, 5.74) is 19.1. The number of nitrogens with zero attached hydrogens (tertiary/aromatic N) is 4. The Bertz CT molecular complexity index is 4780. The Morgan fingerprint density at radius 1 is 0.366 bits per heavy atom. The second-order valence-corrected chi connectivity index (χ2v) is 19.1. The van der Waals surface area contributed by atoms with Crippen LogP contribution >= 0.6 is 0 Å². The monoisotopic (exact) mass is 902 g/mol. The third-order valence-electron chi connectivity index (χ3n) is 15.7. The molecule has 4 heteroatoms. The van der Waals surface area contributed by atoms with Crippen LogP contribution in [0.3, 0.4) is 0 Å². The molecule has 0 fully saturated rings. The molecular weight excluding hydrogens is 861 g/mol. The smallest absolute Gasteiger partial charge is 0.0642 e. The lowest BCUT2D eigenvalue weighted by molar-refractivity contribution is 1.20. The topological polar surface area (TPSA) is 18.7 Å². The van der Waals surface area contributed by atoms with Crippen LogP contribution in [0.15, 0.2) is 231 Å². The highest BCUT2D eigenvalue weighted by molar-refractivity contribution is 6.38. The van der Waals surface area contributed by atoms with Crippen molar-refractivity contribution in [1.29, 1.82) is 0 Å². The fraction of sp³-hybridized carbons (Fsp3) is 0.0149. The van der Waals surface area contributed by atoms with E-state index >= 15 is 0 Å². The van der Waals surface area contributed by atoms with E-state index in [-0.39, 0.29) is 0 Å². The van der Waals surface area contributed by atoms with Gasteiger partial charge in [0.2, 0.25) is 0 Å². The number of rotatable bonds is 6. The van der Waals surface area contributed by atoms with Gasteiger partial charge < -0.3 is 17.9 Å². The van der Waals surface area contributed by atoms with Gasteiger partial charge in [0, 0.05) is 75.8 Å². The molecule has 6 aromatic heterocycles. The Hall–Kier alpha value is -9.38. The Morgan fingerprint density at radius 3 is 1.24 bits per heavy atom. The second-order valence-electron chi connectivity index (χ2n) is 19.1. The Labute approximate surface area is 407 Å². The molecule has 0 aliphatic carbocycles. The molecule has 0 amide bonds. The van der Waals surface area contributed by atoms with Crippen molar-refractivity contribution in [1.82, 2.24) is 17.9 Å². The molecule has 4 nitrogen and oxygen atoms in total. The molecule has 0 bridgehead atoms. The summed E-state index contributed by atoms with van der Waals surface area (Å²) in [7, 11) is 0. The van der Waals surface area contributed by atoms with E-state index in [0.29, 0.717) is 0 Å². The summed E-state index contributed by atoms with van der Waals surface area (Å²) in [6.07, 6.45) is 8.63. The molecule has 16 aromatic rings. The minimum absolute atomic E-state index is 1.12. The minimum atomic E-state index is 1.12.